The van der Waals surface area contributed by atoms with Gasteiger partial charge >= 0.3 is 0 Å². The minimum Gasteiger partial charge on any atom is -0.340 e. The molecule has 12 heteroatoms. The van der Waals surface area contributed by atoms with E-state index in [0.29, 0.717) is 43.3 Å². The van der Waals surface area contributed by atoms with Gasteiger partial charge in [0.15, 0.2) is 9.84 Å². The predicted molar refractivity (Wildman–Crippen MR) is 148 cm³/mol. The van der Waals surface area contributed by atoms with Crippen LogP contribution in [-0.4, -0.2) is 83.1 Å². The maximum absolute atomic E-state index is 13.4. The highest BCUT2D eigenvalue weighted by molar-refractivity contribution is 7.91. The summed E-state index contributed by atoms with van der Waals surface area (Å²) in [6.07, 6.45) is 11.1. The van der Waals surface area contributed by atoms with Crippen LogP contribution in [0.25, 0.3) is 5.69 Å². The zero-order chi connectivity index (χ0) is 28.3. The van der Waals surface area contributed by atoms with Crippen molar-refractivity contribution in [3.63, 3.8) is 0 Å². The summed E-state index contributed by atoms with van der Waals surface area (Å²) < 4.78 is 38.9. The van der Waals surface area contributed by atoms with Crippen LogP contribution in [0.4, 0.5) is 4.39 Å². The Balaban J connectivity index is 1.17. The molecule has 0 spiro atoms. The molecule has 1 aromatic heterocycles. The lowest BCUT2D eigenvalue weighted by molar-refractivity contribution is -0.133. The first-order valence-corrected chi connectivity index (χ1v) is 15.5. The van der Waals surface area contributed by atoms with Crippen LogP contribution in [0.2, 0.25) is 0 Å². The number of amides is 2. The molecular weight excluding hydrogens is 535 g/mol. The number of nitrogens with zero attached hydrogens (tertiary/aromatic N) is 4. The van der Waals surface area contributed by atoms with Crippen molar-refractivity contribution in [2.45, 2.75) is 44.7 Å². The molecule has 3 aliphatic rings. The molecule has 2 amide bonds. The highest BCUT2D eigenvalue weighted by Gasteiger charge is 2.48. The fourth-order valence-electron chi connectivity index (χ4n) is 5.51. The Morgan fingerprint density at radius 2 is 1.85 bits per heavy atom. The number of sulfone groups is 1. The number of aromatic nitrogens is 3. The predicted octanol–water partition coefficient (Wildman–Crippen LogP) is 2.20. The average molecular weight is 571 g/mol. The fraction of sp³-hybridized carbons (Fsp3) is 0.500. The molecule has 2 fully saturated rings. The van der Waals surface area contributed by atoms with Crippen LogP contribution in [0.5, 0.6) is 0 Å². The minimum atomic E-state index is -3.14. The summed E-state index contributed by atoms with van der Waals surface area (Å²) in [6.45, 7) is 3.09. The minimum absolute atomic E-state index is 0.0573. The SMILES string of the molecule is CC1([C@@H]2C[C@H]2NCCC[C@H](NC(=O)c2ccc(-n3cnnc3)cc2)C(=O)N2CCS(=O)(=O)CC2)C=CC(F)=CC1. The van der Waals surface area contributed by atoms with Crippen LogP contribution in [0.3, 0.4) is 0 Å². The monoisotopic (exact) mass is 570 g/mol. The number of hydrogen-bond acceptors (Lipinski definition) is 7. The largest absolute Gasteiger partial charge is 0.340 e. The van der Waals surface area contributed by atoms with Gasteiger partial charge in [0.1, 0.15) is 24.5 Å². The quantitative estimate of drug-likeness (QED) is 0.420. The number of halogens is 1. The van der Waals surface area contributed by atoms with Crippen molar-refractivity contribution in [2.75, 3.05) is 31.1 Å². The number of carbonyl (C=O) groups excluding carboxylic acids is 2. The van der Waals surface area contributed by atoms with Gasteiger partial charge in [0.2, 0.25) is 5.91 Å². The van der Waals surface area contributed by atoms with E-state index >= 15 is 0 Å². The molecule has 5 rings (SSSR count). The van der Waals surface area contributed by atoms with Gasteiger partial charge in [0.05, 0.1) is 11.5 Å². The van der Waals surface area contributed by atoms with Crippen molar-refractivity contribution < 1.29 is 22.4 Å². The second kappa shape index (κ2) is 11.6. The normalized spacial score (nSPS) is 26.1. The van der Waals surface area contributed by atoms with E-state index < -0.39 is 15.9 Å². The molecule has 1 saturated heterocycles. The fourth-order valence-corrected chi connectivity index (χ4v) is 6.71. The van der Waals surface area contributed by atoms with Gasteiger partial charge in [-0.15, -0.1) is 10.2 Å². The Kier molecular flexibility index (Phi) is 8.18. The number of allylic oxidation sites excluding steroid dienone is 4. The van der Waals surface area contributed by atoms with Crippen LogP contribution in [0.15, 0.2) is 61.0 Å². The Hall–Kier alpha value is -3.38. The molecule has 0 radical (unpaired) electrons. The Labute approximate surface area is 233 Å². The van der Waals surface area contributed by atoms with Gasteiger partial charge in [-0.05, 0) is 80.0 Å². The number of carbonyl (C=O) groups is 2. The highest BCUT2D eigenvalue weighted by atomic mass is 32.2. The summed E-state index contributed by atoms with van der Waals surface area (Å²) >= 11 is 0. The van der Waals surface area contributed by atoms with E-state index in [1.54, 1.807) is 53.6 Å². The number of nitrogens with one attached hydrogen (secondary N) is 2. The van der Waals surface area contributed by atoms with E-state index in [1.165, 1.54) is 4.90 Å². The molecule has 10 nitrogen and oxygen atoms in total. The topological polar surface area (TPSA) is 126 Å². The molecule has 40 heavy (non-hydrogen) atoms. The van der Waals surface area contributed by atoms with Gasteiger partial charge in [-0.25, -0.2) is 12.8 Å². The zero-order valence-corrected chi connectivity index (χ0v) is 23.3. The number of rotatable bonds is 10. The first kappa shape index (κ1) is 28.2. The molecule has 0 bridgehead atoms. The maximum atomic E-state index is 13.4. The van der Waals surface area contributed by atoms with Gasteiger partial charge in [-0.3, -0.25) is 14.2 Å². The molecule has 2 heterocycles. The van der Waals surface area contributed by atoms with Crippen LogP contribution in [-0.2, 0) is 14.6 Å². The first-order valence-electron chi connectivity index (χ1n) is 13.7. The van der Waals surface area contributed by atoms with E-state index in [0.717, 1.165) is 12.1 Å². The van der Waals surface area contributed by atoms with Crippen molar-refractivity contribution >= 4 is 21.7 Å². The van der Waals surface area contributed by atoms with Gasteiger partial charge < -0.3 is 15.5 Å². The molecule has 2 aromatic rings. The molecule has 214 valence electrons. The van der Waals surface area contributed by atoms with Crippen molar-refractivity contribution in [2.24, 2.45) is 11.3 Å². The van der Waals surface area contributed by atoms with E-state index in [9.17, 15) is 22.4 Å². The lowest BCUT2D eigenvalue weighted by Crippen LogP contribution is -2.53. The van der Waals surface area contributed by atoms with E-state index in [4.69, 9.17) is 0 Å². The Morgan fingerprint density at radius 3 is 2.50 bits per heavy atom. The first-order chi connectivity index (χ1) is 19.1. The van der Waals surface area contributed by atoms with Gasteiger partial charge in [0, 0.05) is 30.4 Å². The molecule has 1 aromatic carbocycles. The van der Waals surface area contributed by atoms with Crippen LogP contribution < -0.4 is 10.6 Å². The van der Waals surface area contributed by atoms with Gasteiger partial charge in [-0.2, -0.15) is 0 Å². The third-order valence-corrected chi connectivity index (χ3v) is 9.79. The lowest BCUT2D eigenvalue weighted by Gasteiger charge is -2.31. The van der Waals surface area contributed by atoms with Crippen LogP contribution in [0, 0.1) is 11.3 Å². The Bertz CT molecular complexity index is 1380. The van der Waals surface area contributed by atoms with Gasteiger partial charge in [0.25, 0.3) is 5.91 Å². The van der Waals surface area contributed by atoms with Crippen molar-refractivity contribution in [3.05, 3.63) is 66.5 Å². The summed E-state index contributed by atoms with van der Waals surface area (Å²) in [4.78, 5) is 28.0. The summed E-state index contributed by atoms with van der Waals surface area (Å²) in [7, 11) is -3.14. The number of hydrogen-bond donors (Lipinski definition) is 2. The maximum Gasteiger partial charge on any atom is 0.251 e. The summed E-state index contributed by atoms with van der Waals surface area (Å²) in [5, 5.41) is 14.0. The third kappa shape index (κ3) is 6.67. The molecule has 4 atom stereocenters. The zero-order valence-electron chi connectivity index (χ0n) is 22.5. The van der Waals surface area contributed by atoms with Crippen LogP contribution in [0.1, 0.15) is 43.0 Å². The summed E-state index contributed by atoms with van der Waals surface area (Å²) in [5.74, 6) is -0.519. The molecule has 1 saturated carbocycles. The second-order valence-electron chi connectivity index (χ2n) is 11.1. The van der Waals surface area contributed by atoms with E-state index in [2.05, 4.69) is 27.8 Å². The lowest BCUT2D eigenvalue weighted by atomic mass is 9.78. The van der Waals surface area contributed by atoms with Crippen molar-refractivity contribution in [3.8, 4) is 5.69 Å². The third-order valence-electron chi connectivity index (χ3n) is 8.18. The summed E-state index contributed by atoms with van der Waals surface area (Å²) in [5.41, 5.74) is 1.15. The Morgan fingerprint density at radius 1 is 1.15 bits per heavy atom. The van der Waals surface area contributed by atoms with Crippen molar-refractivity contribution in [1.29, 1.82) is 0 Å². The number of benzene rings is 1. The van der Waals surface area contributed by atoms with E-state index in [-0.39, 0.29) is 47.7 Å². The average Bonchev–Trinajstić information content (AvgIpc) is 3.53. The van der Waals surface area contributed by atoms with E-state index in [1.807, 2.05) is 6.08 Å². The molecular formula is C28H35FN6O4S. The molecule has 1 unspecified atom stereocenters. The smallest absolute Gasteiger partial charge is 0.251 e. The second-order valence-corrected chi connectivity index (χ2v) is 13.4. The van der Waals surface area contributed by atoms with Crippen molar-refractivity contribution in [1.82, 2.24) is 30.3 Å². The molecule has 1 aliphatic heterocycles. The summed E-state index contributed by atoms with van der Waals surface area (Å²) in [6, 6.07) is 6.46. The van der Waals surface area contributed by atoms with Gasteiger partial charge in [-0.1, -0.05) is 13.0 Å². The molecule has 2 aliphatic carbocycles. The molecule has 2 N–H and O–H groups in total. The van der Waals surface area contributed by atoms with Crippen LogP contribution >= 0.6 is 0 Å². The highest BCUT2D eigenvalue weighted by Crippen LogP contribution is 2.50. The standard InChI is InChI=1S/C28H35FN6O4S/c1-28(10-8-21(29)9-11-28)23-17-25(23)30-12-2-3-24(27(37)34-13-15-40(38,39)16-14-34)33-26(36)20-4-6-22(7-5-20)35-18-31-32-19-35/h4-10,18-19,23-25,30H,2-3,11-17H2,1H3,(H,33,36)/t23-,24+,25-,28?/m1/s1.